The lowest BCUT2D eigenvalue weighted by Gasteiger charge is -2.32. The highest BCUT2D eigenvalue weighted by Crippen LogP contribution is 2.37. The molecule has 1 heterocycles. The fourth-order valence-corrected chi connectivity index (χ4v) is 2.76. The zero-order chi connectivity index (χ0) is 14.4. The van der Waals surface area contributed by atoms with Gasteiger partial charge < -0.3 is 19.9 Å². The molecule has 20 heavy (non-hydrogen) atoms. The Morgan fingerprint density at radius 2 is 2.25 bits per heavy atom. The molecule has 4 heteroatoms. The SMILES string of the molecule is COCCNCC(C)(O)CC1CCOc2ccccc21. The topological polar surface area (TPSA) is 50.7 Å². The fraction of sp³-hybridized carbons (Fsp3) is 0.625. The van der Waals surface area contributed by atoms with Crippen LogP contribution in [0.4, 0.5) is 0 Å². The standard InChI is InChI=1S/C16H25NO3/c1-16(18,12-17-8-10-19-2)11-13-7-9-20-15-6-4-3-5-14(13)15/h3-6,13,17-18H,7-12H2,1-2H3. The van der Waals surface area contributed by atoms with Gasteiger partial charge in [0.15, 0.2) is 0 Å². The molecule has 4 nitrogen and oxygen atoms in total. The van der Waals surface area contributed by atoms with Crippen molar-refractivity contribution >= 4 is 0 Å². The van der Waals surface area contributed by atoms with Crippen LogP contribution in [0.3, 0.4) is 0 Å². The van der Waals surface area contributed by atoms with E-state index in [1.165, 1.54) is 5.56 Å². The number of hydrogen-bond acceptors (Lipinski definition) is 4. The van der Waals surface area contributed by atoms with Gasteiger partial charge in [-0.2, -0.15) is 0 Å². The molecule has 0 aliphatic carbocycles. The normalized spacial score (nSPS) is 20.9. The first-order chi connectivity index (χ1) is 9.62. The predicted molar refractivity (Wildman–Crippen MR) is 79.3 cm³/mol. The van der Waals surface area contributed by atoms with Crippen LogP contribution in [0, 0.1) is 0 Å². The number of hydrogen-bond donors (Lipinski definition) is 2. The zero-order valence-electron chi connectivity index (χ0n) is 12.4. The molecule has 1 aliphatic heterocycles. The van der Waals surface area contributed by atoms with E-state index in [0.717, 1.165) is 31.7 Å². The summed E-state index contributed by atoms with van der Waals surface area (Å²) in [6.07, 6.45) is 1.71. The summed E-state index contributed by atoms with van der Waals surface area (Å²) in [5, 5.41) is 13.8. The molecule has 0 aromatic heterocycles. The molecule has 1 aliphatic rings. The van der Waals surface area contributed by atoms with Crippen LogP contribution in [-0.2, 0) is 4.74 Å². The molecule has 1 aromatic carbocycles. The van der Waals surface area contributed by atoms with Gasteiger partial charge in [0.25, 0.3) is 0 Å². The summed E-state index contributed by atoms with van der Waals surface area (Å²) in [7, 11) is 1.68. The number of para-hydroxylation sites is 1. The van der Waals surface area contributed by atoms with E-state index in [1.807, 2.05) is 25.1 Å². The number of benzene rings is 1. The number of nitrogens with one attached hydrogen (secondary N) is 1. The van der Waals surface area contributed by atoms with Gasteiger partial charge in [0.2, 0.25) is 0 Å². The summed E-state index contributed by atoms with van der Waals surface area (Å²) >= 11 is 0. The summed E-state index contributed by atoms with van der Waals surface area (Å²) in [5.74, 6) is 1.33. The van der Waals surface area contributed by atoms with Gasteiger partial charge in [-0.05, 0) is 37.3 Å². The van der Waals surface area contributed by atoms with Gasteiger partial charge in [-0.3, -0.25) is 0 Å². The molecule has 2 atom stereocenters. The second-order valence-corrected chi connectivity index (χ2v) is 5.74. The summed E-state index contributed by atoms with van der Waals surface area (Å²) in [6, 6.07) is 8.14. The van der Waals surface area contributed by atoms with Crippen molar-refractivity contribution in [1.82, 2.24) is 5.32 Å². The third kappa shape index (κ3) is 4.20. The molecule has 0 amide bonds. The van der Waals surface area contributed by atoms with E-state index in [9.17, 15) is 5.11 Å². The van der Waals surface area contributed by atoms with Crippen molar-refractivity contribution in [3.05, 3.63) is 29.8 Å². The summed E-state index contributed by atoms with van der Waals surface area (Å²) in [5.41, 5.74) is 0.499. The Kier molecular flexibility index (Phi) is 5.40. The first kappa shape index (κ1) is 15.3. The van der Waals surface area contributed by atoms with Gasteiger partial charge in [-0.1, -0.05) is 18.2 Å². The smallest absolute Gasteiger partial charge is 0.122 e. The molecule has 112 valence electrons. The maximum Gasteiger partial charge on any atom is 0.122 e. The lowest BCUT2D eigenvalue weighted by Crippen LogP contribution is -2.40. The first-order valence-electron chi connectivity index (χ1n) is 7.26. The average molecular weight is 279 g/mol. The Bertz CT molecular complexity index is 420. The average Bonchev–Trinajstić information content (AvgIpc) is 2.44. The molecule has 0 fully saturated rings. The maximum atomic E-state index is 10.5. The highest BCUT2D eigenvalue weighted by atomic mass is 16.5. The van der Waals surface area contributed by atoms with Gasteiger partial charge in [0.05, 0.1) is 18.8 Å². The summed E-state index contributed by atoms with van der Waals surface area (Å²) in [4.78, 5) is 0. The van der Waals surface area contributed by atoms with Crippen molar-refractivity contribution in [3.8, 4) is 5.75 Å². The molecule has 0 spiro atoms. The highest BCUT2D eigenvalue weighted by molar-refractivity contribution is 5.37. The lowest BCUT2D eigenvalue weighted by atomic mass is 9.83. The van der Waals surface area contributed by atoms with Crippen molar-refractivity contribution < 1.29 is 14.6 Å². The van der Waals surface area contributed by atoms with Crippen LogP contribution in [-0.4, -0.2) is 44.1 Å². The third-order valence-electron chi connectivity index (χ3n) is 3.76. The number of ether oxygens (including phenoxy) is 2. The Morgan fingerprint density at radius 3 is 3.05 bits per heavy atom. The second-order valence-electron chi connectivity index (χ2n) is 5.74. The Labute approximate surface area is 121 Å². The van der Waals surface area contributed by atoms with Crippen LogP contribution in [0.1, 0.15) is 31.2 Å². The van der Waals surface area contributed by atoms with Gasteiger partial charge in [-0.25, -0.2) is 0 Å². The van der Waals surface area contributed by atoms with Crippen LogP contribution in [0.2, 0.25) is 0 Å². The Hall–Kier alpha value is -1.10. The molecular weight excluding hydrogens is 254 g/mol. The minimum absolute atomic E-state index is 0.360. The Balaban J connectivity index is 1.92. The van der Waals surface area contributed by atoms with E-state index in [1.54, 1.807) is 7.11 Å². The lowest BCUT2D eigenvalue weighted by molar-refractivity contribution is 0.0374. The molecule has 0 radical (unpaired) electrons. The van der Waals surface area contributed by atoms with E-state index in [4.69, 9.17) is 9.47 Å². The quantitative estimate of drug-likeness (QED) is 0.749. The van der Waals surface area contributed by atoms with Gasteiger partial charge in [-0.15, -0.1) is 0 Å². The van der Waals surface area contributed by atoms with E-state index in [-0.39, 0.29) is 0 Å². The second kappa shape index (κ2) is 7.07. The minimum Gasteiger partial charge on any atom is -0.493 e. The van der Waals surface area contributed by atoms with Crippen LogP contribution >= 0.6 is 0 Å². The molecule has 1 aromatic rings. The van der Waals surface area contributed by atoms with Gasteiger partial charge >= 0.3 is 0 Å². The number of rotatable bonds is 7. The van der Waals surface area contributed by atoms with E-state index >= 15 is 0 Å². The van der Waals surface area contributed by atoms with Crippen LogP contribution < -0.4 is 10.1 Å². The van der Waals surface area contributed by atoms with E-state index in [2.05, 4.69) is 11.4 Å². The monoisotopic (exact) mass is 279 g/mol. The molecular formula is C16H25NO3. The third-order valence-corrected chi connectivity index (χ3v) is 3.76. The number of fused-ring (bicyclic) bond motifs is 1. The van der Waals surface area contributed by atoms with E-state index in [0.29, 0.717) is 19.1 Å². The van der Waals surface area contributed by atoms with Crippen LogP contribution in [0.15, 0.2) is 24.3 Å². The maximum absolute atomic E-state index is 10.5. The highest BCUT2D eigenvalue weighted by Gasteiger charge is 2.29. The molecule has 2 rings (SSSR count). The minimum atomic E-state index is -0.719. The summed E-state index contributed by atoms with van der Waals surface area (Å²) < 4.78 is 10.7. The molecule has 0 saturated heterocycles. The predicted octanol–water partition coefficient (Wildman–Crippen LogP) is 1.93. The molecule has 0 bridgehead atoms. The van der Waals surface area contributed by atoms with Crippen LogP contribution in [0.5, 0.6) is 5.75 Å². The van der Waals surface area contributed by atoms with Gasteiger partial charge in [0.1, 0.15) is 5.75 Å². The largest absolute Gasteiger partial charge is 0.493 e. The molecule has 2 unspecified atom stereocenters. The van der Waals surface area contributed by atoms with Crippen molar-refractivity contribution in [2.45, 2.75) is 31.3 Å². The fourth-order valence-electron chi connectivity index (χ4n) is 2.76. The first-order valence-corrected chi connectivity index (χ1v) is 7.26. The van der Waals surface area contributed by atoms with Gasteiger partial charge in [0, 0.05) is 20.2 Å². The van der Waals surface area contributed by atoms with Crippen molar-refractivity contribution in [2.24, 2.45) is 0 Å². The van der Waals surface area contributed by atoms with Crippen molar-refractivity contribution in [1.29, 1.82) is 0 Å². The summed E-state index contributed by atoms with van der Waals surface area (Å²) in [6.45, 7) is 4.63. The van der Waals surface area contributed by atoms with Crippen molar-refractivity contribution in [2.75, 3.05) is 33.4 Å². The van der Waals surface area contributed by atoms with E-state index < -0.39 is 5.60 Å². The molecule has 2 N–H and O–H groups in total. The number of methoxy groups -OCH3 is 1. The Morgan fingerprint density at radius 1 is 1.45 bits per heavy atom. The van der Waals surface area contributed by atoms with Crippen molar-refractivity contribution in [3.63, 3.8) is 0 Å². The number of aliphatic hydroxyl groups is 1. The van der Waals surface area contributed by atoms with Crippen LogP contribution in [0.25, 0.3) is 0 Å². The molecule has 0 saturated carbocycles. The zero-order valence-corrected chi connectivity index (χ0v) is 12.4.